The van der Waals surface area contributed by atoms with Gasteiger partial charge in [-0.2, -0.15) is 0 Å². The molecule has 2 heterocycles. The van der Waals surface area contributed by atoms with Gasteiger partial charge in [-0.3, -0.25) is 4.79 Å². The van der Waals surface area contributed by atoms with Crippen LogP contribution in [0.25, 0.3) is 0 Å². The fourth-order valence-corrected chi connectivity index (χ4v) is 2.88. The van der Waals surface area contributed by atoms with Gasteiger partial charge in [0.25, 0.3) is 0 Å². The van der Waals surface area contributed by atoms with Gasteiger partial charge in [0, 0.05) is 25.1 Å². The van der Waals surface area contributed by atoms with Crippen molar-refractivity contribution in [2.45, 2.75) is 32.2 Å². The molecule has 1 aliphatic rings. The number of benzene rings is 1. The number of amides is 1. The van der Waals surface area contributed by atoms with Crippen LogP contribution in [0.15, 0.2) is 36.7 Å². The molecule has 1 aromatic carbocycles. The zero-order chi connectivity index (χ0) is 13.9. The van der Waals surface area contributed by atoms with E-state index in [9.17, 15) is 4.79 Å². The molecule has 20 heavy (non-hydrogen) atoms. The molecule has 1 unspecified atom stereocenters. The Labute approximate surface area is 118 Å². The number of rotatable bonds is 3. The van der Waals surface area contributed by atoms with Crippen molar-refractivity contribution >= 4 is 5.91 Å². The first-order chi connectivity index (χ1) is 9.81. The highest BCUT2D eigenvalue weighted by molar-refractivity contribution is 5.77. The minimum Gasteiger partial charge on any atom is -0.348 e. The maximum atomic E-state index is 12.4. The third kappa shape index (κ3) is 2.22. The molecule has 0 fully saturated rings. The lowest BCUT2D eigenvalue weighted by Gasteiger charge is -2.35. The summed E-state index contributed by atoms with van der Waals surface area (Å²) in [7, 11) is 0. The van der Waals surface area contributed by atoms with Gasteiger partial charge < -0.3 is 9.88 Å². The molecule has 1 atom stereocenters. The molecule has 1 N–H and O–H groups in total. The van der Waals surface area contributed by atoms with Crippen molar-refractivity contribution in [3.63, 3.8) is 0 Å². The standard InChI is InChI=1S/C16H19N3O/c1-2-6-14(20)19-10-9-13-15(18-11-17-13)16(19)12-7-4-3-5-8-12/h3-5,7-8,11,16H,2,6,9-10H2,1H3,(H,17,18). The zero-order valence-corrected chi connectivity index (χ0v) is 11.7. The average Bonchev–Trinajstić information content (AvgIpc) is 2.95. The number of nitrogens with one attached hydrogen (secondary N) is 1. The summed E-state index contributed by atoms with van der Waals surface area (Å²) < 4.78 is 0. The Morgan fingerprint density at radius 1 is 1.40 bits per heavy atom. The van der Waals surface area contributed by atoms with Gasteiger partial charge >= 0.3 is 0 Å². The first-order valence-electron chi connectivity index (χ1n) is 7.17. The van der Waals surface area contributed by atoms with Crippen LogP contribution in [0.5, 0.6) is 0 Å². The second-order valence-corrected chi connectivity index (χ2v) is 5.17. The highest BCUT2D eigenvalue weighted by Gasteiger charge is 2.33. The molecule has 1 aromatic heterocycles. The monoisotopic (exact) mass is 269 g/mol. The number of nitrogens with zero attached hydrogens (tertiary/aromatic N) is 2. The van der Waals surface area contributed by atoms with E-state index >= 15 is 0 Å². The zero-order valence-electron chi connectivity index (χ0n) is 11.7. The molecular weight excluding hydrogens is 250 g/mol. The van der Waals surface area contributed by atoms with Gasteiger partial charge in [0.2, 0.25) is 5.91 Å². The van der Waals surface area contributed by atoms with Crippen LogP contribution >= 0.6 is 0 Å². The summed E-state index contributed by atoms with van der Waals surface area (Å²) in [5.41, 5.74) is 3.27. The maximum absolute atomic E-state index is 12.4. The minimum atomic E-state index is -0.0507. The second-order valence-electron chi connectivity index (χ2n) is 5.17. The molecule has 3 rings (SSSR count). The van der Waals surface area contributed by atoms with Crippen LogP contribution in [-0.4, -0.2) is 27.3 Å². The van der Waals surface area contributed by atoms with E-state index in [1.54, 1.807) is 6.33 Å². The van der Waals surface area contributed by atoms with Crippen LogP contribution in [0, 0.1) is 0 Å². The van der Waals surface area contributed by atoms with Crippen LogP contribution in [-0.2, 0) is 11.2 Å². The Bertz CT molecular complexity index is 591. The van der Waals surface area contributed by atoms with Crippen molar-refractivity contribution in [3.05, 3.63) is 53.6 Å². The van der Waals surface area contributed by atoms with Gasteiger partial charge in [-0.05, 0) is 12.0 Å². The highest BCUT2D eigenvalue weighted by Crippen LogP contribution is 2.33. The van der Waals surface area contributed by atoms with Crippen molar-refractivity contribution in [3.8, 4) is 0 Å². The summed E-state index contributed by atoms with van der Waals surface area (Å²) in [5, 5.41) is 0. The Morgan fingerprint density at radius 3 is 2.95 bits per heavy atom. The first kappa shape index (κ1) is 12.9. The number of aromatic nitrogens is 2. The molecule has 0 saturated carbocycles. The number of carbonyl (C=O) groups excluding carboxylic acids is 1. The molecule has 1 amide bonds. The lowest BCUT2D eigenvalue weighted by atomic mass is 9.95. The summed E-state index contributed by atoms with van der Waals surface area (Å²) in [6.45, 7) is 2.80. The van der Waals surface area contributed by atoms with Crippen LogP contribution in [0.2, 0.25) is 0 Å². The van der Waals surface area contributed by atoms with Gasteiger partial charge in [-0.1, -0.05) is 37.3 Å². The van der Waals surface area contributed by atoms with Crippen LogP contribution in [0.3, 0.4) is 0 Å². The van der Waals surface area contributed by atoms with Gasteiger partial charge in [-0.25, -0.2) is 4.98 Å². The first-order valence-corrected chi connectivity index (χ1v) is 7.17. The topological polar surface area (TPSA) is 49.0 Å². The molecule has 4 nitrogen and oxygen atoms in total. The van der Waals surface area contributed by atoms with Crippen LogP contribution < -0.4 is 0 Å². The van der Waals surface area contributed by atoms with Gasteiger partial charge in [0.15, 0.2) is 0 Å². The van der Waals surface area contributed by atoms with Gasteiger partial charge in [0.1, 0.15) is 6.04 Å². The summed E-state index contributed by atoms with van der Waals surface area (Å²) in [6.07, 6.45) is 4.07. The Morgan fingerprint density at radius 2 is 2.20 bits per heavy atom. The van der Waals surface area contributed by atoms with Crippen molar-refractivity contribution in [1.82, 2.24) is 14.9 Å². The quantitative estimate of drug-likeness (QED) is 0.931. The molecule has 0 saturated heterocycles. The predicted octanol–water partition coefficient (Wildman–Crippen LogP) is 2.68. The van der Waals surface area contributed by atoms with Crippen molar-refractivity contribution in [2.75, 3.05) is 6.54 Å². The lowest BCUT2D eigenvalue weighted by Crippen LogP contribution is -2.40. The summed E-state index contributed by atoms with van der Waals surface area (Å²) >= 11 is 0. The number of hydrogen-bond acceptors (Lipinski definition) is 2. The van der Waals surface area contributed by atoms with Crippen molar-refractivity contribution in [2.24, 2.45) is 0 Å². The number of H-pyrrole nitrogens is 1. The molecule has 4 heteroatoms. The SMILES string of the molecule is CCCC(=O)N1CCc2[nH]cnc2C1c1ccccc1. The second kappa shape index (κ2) is 5.49. The van der Waals surface area contributed by atoms with Gasteiger partial charge in [0.05, 0.1) is 12.0 Å². The Kier molecular flexibility index (Phi) is 3.54. The largest absolute Gasteiger partial charge is 0.348 e. The predicted molar refractivity (Wildman–Crippen MR) is 77.2 cm³/mol. The van der Waals surface area contributed by atoms with E-state index in [4.69, 9.17) is 0 Å². The van der Waals surface area contributed by atoms with E-state index in [2.05, 4.69) is 22.1 Å². The molecule has 0 radical (unpaired) electrons. The molecule has 2 aromatic rings. The highest BCUT2D eigenvalue weighted by atomic mass is 16.2. The molecule has 1 aliphatic heterocycles. The Balaban J connectivity index is 2.01. The summed E-state index contributed by atoms with van der Waals surface area (Å²) in [5.74, 6) is 0.218. The number of imidazole rings is 1. The Hall–Kier alpha value is -2.10. The maximum Gasteiger partial charge on any atom is 0.223 e. The van der Waals surface area contributed by atoms with E-state index in [1.165, 1.54) is 0 Å². The average molecular weight is 269 g/mol. The molecular formula is C16H19N3O. The lowest BCUT2D eigenvalue weighted by molar-refractivity contribution is -0.133. The molecule has 0 aliphatic carbocycles. The smallest absolute Gasteiger partial charge is 0.223 e. The van der Waals surface area contributed by atoms with E-state index in [1.807, 2.05) is 30.0 Å². The van der Waals surface area contributed by atoms with Crippen LogP contribution in [0.4, 0.5) is 0 Å². The number of fused-ring (bicyclic) bond motifs is 1. The number of aromatic amines is 1. The summed E-state index contributed by atoms with van der Waals surface area (Å²) in [4.78, 5) is 22.0. The minimum absolute atomic E-state index is 0.0507. The third-order valence-corrected chi connectivity index (χ3v) is 3.82. The fourth-order valence-electron chi connectivity index (χ4n) is 2.88. The van der Waals surface area contributed by atoms with Crippen LogP contribution in [0.1, 0.15) is 42.8 Å². The van der Waals surface area contributed by atoms with Crippen molar-refractivity contribution < 1.29 is 4.79 Å². The third-order valence-electron chi connectivity index (χ3n) is 3.82. The summed E-state index contributed by atoms with van der Waals surface area (Å²) in [6, 6.07) is 10.1. The normalized spacial score (nSPS) is 17.9. The number of carbonyl (C=O) groups is 1. The molecule has 0 bridgehead atoms. The van der Waals surface area contributed by atoms with E-state index in [0.717, 1.165) is 36.3 Å². The number of hydrogen-bond donors (Lipinski definition) is 1. The molecule has 104 valence electrons. The van der Waals surface area contributed by atoms with Crippen molar-refractivity contribution in [1.29, 1.82) is 0 Å². The van der Waals surface area contributed by atoms with E-state index in [0.29, 0.717) is 6.42 Å². The molecule has 0 spiro atoms. The van der Waals surface area contributed by atoms with E-state index in [-0.39, 0.29) is 11.9 Å². The van der Waals surface area contributed by atoms with Gasteiger partial charge in [-0.15, -0.1) is 0 Å². The fraction of sp³-hybridized carbons (Fsp3) is 0.375. The van der Waals surface area contributed by atoms with E-state index < -0.39 is 0 Å².